The largest absolute Gasteiger partial charge is 0.342 e. The SMILES string of the molecule is CC(=O)N1CC(=O)N/C(=C/CCc2ccccc2)C1=O.O=C1CNC(=O)/C(=C\CCc2ccccc2)N1. The van der Waals surface area contributed by atoms with Crippen LogP contribution in [0.3, 0.4) is 0 Å². The van der Waals surface area contributed by atoms with Gasteiger partial charge in [-0.25, -0.2) is 0 Å². The molecule has 192 valence electrons. The molecule has 9 nitrogen and oxygen atoms in total. The number of carbonyl (C=O) groups is 5. The van der Waals surface area contributed by atoms with Gasteiger partial charge in [-0.05, 0) is 36.8 Å². The van der Waals surface area contributed by atoms with Crippen LogP contribution in [0.1, 0.15) is 30.9 Å². The molecule has 0 aromatic heterocycles. The van der Waals surface area contributed by atoms with E-state index in [0.29, 0.717) is 12.1 Å². The molecule has 37 heavy (non-hydrogen) atoms. The Labute approximate surface area is 215 Å². The lowest BCUT2D eigenvalue weighted by atomic mass is 10.1. The van der Waals surface area contributed by atoms with Crippen LogP contribution in [0.15, 0.2) is 84.2 Å². The number of carbonyl (C=O) groups excluding carboxylic acids is 5. The summed E-state index contributed by atoms with van der Waals surface area (Å²) in [5.74, 6) is -1.58. The van der Waals surface area contributed by atoms with E-state index < -0.39 is 11.8 Å². The van der Waals surface area contributed by atoms with E-state index in [0.717, 1.165) is 29.7 Å². The average molecular weight is 503 g/mol. The van der Waals surface area contributed by atoms with Crippen LogP contribution in [0, 0.1) is 0 Å². The zero-order valence-electron chi connectivity index (χ0n) is 20.7. The number of nitrogens with one attached hydrogen (secondary N) is 3. The number of aryl methyl sites for hydroxylation is 2. The second-order valence-electron chi connectivity index (χ2n) is 8.47. The Morgan fingerprint density at radius 2 is 1.30 bits per heavy atom. The molecule has 0 radical (unpaired) electrons. The smallest absolute Gasteiger partial charge is 0.277 e. The van der Waals surface area contributed by atoms with Crippen LogP contribution in [0.2, 0.25) is 0 Å². The normalized spacial score (nSPS) is 17.5. The fourth-order valence-corrected chi connectivity index (χ4v) is 3.70. The van der Waals surface area contributed by atoms with Crippen LogP contribution < -0.4 is 16.0 Å². The Hall–Kier alpha value is -4.53. The number of rotatable bonds is 6. The third-order valence-corrected chi connectivity index (χ3v) is 5.61. The Morgan fingerprint density at radius 3 is 1.84 bits per heavy atom. The standard InChI is InChI=1S/C15H16N2O3.C13H14N2O2/c1-11(18)17-10-14(19)16-13(15(17)20)9-5-8-12-6-3-2-4-7-12;16-12-9-14-13(17)11(15-12)8-4-7-10-5-2-1-3-6-10/h2-4,6-7,9H,5,8,10H2,1H3,(H,16,19);1-3,5-6,8H,4,7,9H2,(H,14,17)(H,15,16)/b13-9+;11-8+. The van der Waals surface area contributed by atoms with Gasteiger partial charge in [-0.1, -0.05) is 72.8 Å². The predicted molar refractivity (Wildman–Crippen MR) is 137 cm³/mol. The number of nitrogens with zero attached hydrogens (tertiary/aromatic N) is 1. The van der Waals surface area contributed by atoms with Gasteiger partial charge in [0, 0.05) is 6.92 Å². The van der Waals surface area contributed by atoms with Gasteiger partial charge in [0.1, 0.15) is 17.9 Å². The number of benzene rings is 2. The maximum atomic E-state index is 12.0. The molecule has 2 aliphatic rings. The lowest BCUT2D eigenvalue weighted by molar-refractivity contribution is -0.147. The predicted octanol–water partition coefficient (Wildman–Crippen LogP) is 1.76. The first-order valence-electron chi connectivity index (χ1n) is 12.0. The molecule has 0 unspecified atom stereocenters. The summed E-state index contributed by atoms with van der Waals surface area (Å²) < 4.78 is 0. The molecule has 2 heterocycles. The second-order valence-corrected chi connectivity index (χ2v) is 8.47. The highest BCUT2D eigenvalue weighted by Crippen LogP contribution is 2.10. The van der Waals surface area contributed by atoms with Gasteiger partial charge >= 0.3 is 0 Å². The number of imide groups is 1. The molecule has 2 aromatic carbocycles. The third kappa shape index (κ3) is 8.57. The molecular weight excluding hydrogens is 472 g/mol. The number of amides is 5. The Kier molecular flexibility index (Phi) is 9.90. The maximum absolute atomic E-state index is 12.0. The highest BCUT2D eigenvalue weighted by molar-refractivity contribution is 6.10. The molecule has 2 saturated heterocycles. The van der Waals surface area contributed by atoms with Gasteiger partial charge in [-0.15, -0.1) is 0 Å². The first kappa shape index (κ1) is 27.1. The molecule has 5 amide bonds. The summed E-state index contributed by atoms with van der Waals surface area (Å²) in [6.07, 6.45) is 6.41. The van der Waals surface area contributed by atoms with Crippen molar-refractivity contribution in [3.05, 3.63) is 95.3 Å². The van der Waals surface area contributed by atoms with Gasteiger partial charge in [0.25, 0.3) is 11.8 Å². The first-order chi connectivity index (χ1) is 17.8. The highest BCUT2D eigenvalue weighted by atomic mass is 16.2. The molecule has 9 heteroatoms. The van der Waals surface area contributed by atoms with Crippen LogP contribution in [0.4, 0.5) is 0 Å². The highest BCUT2D eigenvalue weighted by Gasteiger charge is 2.30. The summed E-state index contributed by atoms with van der Waals surface area (Å²) in [6.45, 7) is 1.14. The Bertz CT molecular complexity index is 1210. The summed E-state index contributed by atoms with van der Waals surface area (Å²) in [4.78, 5) is 58.2. The topological polar surface area (TPSA) is 125 Å². The fraction of sp³-hybridized carbons (Fsp3) is 0.250. The molecular formula is C28H30N4O5. The summed E-state index contributed by atoms with van der Waals surface area (Å²) >= 11 is 0. The van der Waals surface area contributed by atoms with Gasteiger partial charge in [-0.2, -0.15) is 0 Å². The molecule has 0 atom stereocenters. The monoisotopic (exact) mass is 502 g/mol. The minimum absolute atomic E-state index is 0.0643. The summed E-state index contributed by atoms with van der Waals surface area (Å²) in [6, 6.07) is 19.9. The van der Waals surface area contributed by atoms with Crippen molar-refractivity contribution in [1.29, 1.82) is 0 Å². The Balaban J connectivity index is 0.000000208. The van der Waals surface area contributed by atoms with E-state index in [1.807, 2.05) is 60.7 Å². The molecule has 3 N–H and O–H groups in total. The van der Waals surface area contributed by atoms with Crippen molar-refractivity contribution >= 4 is 29.5 Å². The molecule has 0 saturated carbocycles. The van der Waals surface area contributed by atoms with E-state index >= 15 is 0 Å². The molecule has 0 bridgehead atoms. The zero-order chi connectivity index (χ0) is 26.6. The third-order valence-electron chi connectivity index (χ3n) is 5.61. The van der Waals surface area contributed by atoms with Crippen LogP contribution in [0.25, 0.3) is 0 Å². The number of hydrogen-bond acceptors (Lipinski definition) is 5. The second kappa shape index (κ2) is 13.5. The number of piperazine rings is 2. The lowest BCUT2D eigenvalue weighted by Crippen LogP contribution is -2.51. The van der Waals surface area contributed by atoms with E-state index in [2.05, 4.69) is 16.0 Å². The molecule has 0 aliphatic carbocycles. The van der Waals surface area contributed by atoms with Gasteiger partial charge < -0.3 is 16.0 Å². The van der Waals surface area contributed by atoms with Crippen molar-refractivity contribution in [3.63, 3.8) is 0 Å². The van der Waals surface area contributed by atoms with Crippen molar-refractivity contribution < 1.29 is 24.0 Å². The maximum Gasteiger partial charge on any atom is 0.277 e. The van der Waals surface area contributed by atoms with E-state index in [1.54, 1.807) is 12.2 Å². The van der Waals surface area contributed by atoms with E-state index in [1.165, 1.54) is 12.5 Å². The average Bonchev–Trinajstić information content (AvgIpc) is 2.89. The zero-order valence-corrected chi connectivity index (χ0v) is 20.7. The molecule has 2 aliphatic heterocycles. The molecule has 4 rings (SSSR count). The number of hydrogen-bond donors (Lipinski definition) is 3. The lowest BCUT2D eigenvalue weighted by Gasteiger charge is -2.25. The van der Waals surface area contributed by atoms with E-state index in [9.17, 15) is 24.0 Å². The van der Waals surface area contributed by atoms with Crippen molar-refractivity contribution in [3.8, 4) is 0 Å². The van der Waals surface area contributed by atoms with E-state index in [-0.39, 0.29) is 36.5 Å². The number of allylic oxidation sites excluding steroid dienone is 2. The van der Waals surface area contributed by atoms with Crippen LogP contribution >= 0.6 is 0 Å². The van der Waals surface area contributed by atoms with Crippen molar-refractivity contribution in [2.24, 2.45) is 0 Å². The summed E-state index contributed by atoms with van der Waals surface area (Å²) in [5.41, 5.74) is 2.92. The molecule has 0 spiro atoms. The minimum atomic E-state index is -0.440. The van der Waals surface area contributed by atoms with Crippen LogP contribution in [-0.4, -0.2) is 47.5 Å². The van der Waals surface area contributed by atoms with Gasteiger partial charge in [0.15, 0.2) is 0 Å². The summed E-state index contributed by atoms with van der Waals surface area (Å²) in [7, 11) is 0. The fourth-order valence-electron chi connectivity index (χ4n) is 3.70. The minimum Gasteiger partial charge on any atom is -0.342 e. The van der Waals surface area contributed by atoms with Crippen LogP contribution in [0.5, 0.6) is 0 Å². The van der Waals surface area contributed by atoms with Crippen molar-refractivity contribution in [1.82, 2.24) is 20.9 Å². The summed E-state index contributed by atoms with van der Waals surface area (Å²) in [5, 5.41) is 7.59. The van der Waals surface area contributed by atoms with Crippen LogP contribution in [-0.2, 0) is 36.8 Å². The van der Waals surface area contributed by atoms with E-state index in [4.69, 9.17) is 0 Å². The van der Waals surface area contributed by atoms with Gasteiger partial charge in [-0.3, -0.25) is 28.9 Å². The molecule has 2 fully saturated rings. The quantitative estimate of drug-likeness (QED) is 0.519. The Morgan fingerprint density at radius 1 is 0.784 bits per heavy atom. The van der Waals surface area contributed by atoms with Gasteiger partial charge in [0.2, 0.25) is 17.7 Å². The molecule has 2 aromatic rings. The first-order valence-corrected chi connectivity index (χ1v) is 12.0. The van der Waals surface area contributed by atoms with Crippen molar-refractivity contribution in [2.45, 2.75) is 32.6 Å². The van der Waals surface area contributed by atoms with Crippen molar-refractivity contribution in [2.75, 3.05) is 13.1 Å². The van der Waals surface area contributed by atoms with Gasteiger partial charge in [0.05, 0.1) is 6.54 Å².